The van der Waals surface area contributed by atoms with Gasteiger partial charge in [-0.3, -0.25) is 4.90 Å². The highest BCUT2D eigenvalue weighted by atomic mass is 79.9. The minimum Gasteiger partial charge on any atom is -0.506 e. The molecule has 3 nitrogen and oxygen atoms in total. The summed E-state index contributed by atoms with van der Waals surface area (Å²) in [6.07, 6.45) is -3.30. The van der Waals surface area contributed by atoms with Crippen molar-refractivity contribution in [3.05, 3.63) is 27.7 Å². The molecular weight excluding hydrogens is 351 g/mol. The number of phenolic OH excluding ortho intramolecular Hbond substituents is 1. The third-order valence-corrected chi connectivity index (χ3v) is 4.10. The smallest absolute Gasteiger partial charge is 0.416 e. The van der Waals surface area contributed by atoms with Gasteiger partial charge in [-0.2, -0.15) is 13.2 Å². The van der Waals surface area contributed by atoms with Gasteiger partial charge in [0.2, 0.25) is 0 Å². The van der Waals surface area contributed by atoms with E-state index >= 15 is 0 Å². The number of morpholine rings is 1. The molecule has 1 aromatic carbocycles. The van der Waals surface area contributed by atoms with Crippen LogP contribution in [-0.4, -0.2) is 42.9 Å². The van der Waals surface area contributed by atoms with E-state index < -0.39 is 11.7 Å². The molecule has 0 unspecified atom stereocenters. The quantitative estimate of drug-likeness (QED) is 0.884. The fraction of sp³-hybridized carbons (Fsp3) is 0.571. The van der Waals surface area contributed by atoms with Crippen molar-refractivity contribution in [2.24, 2.45) is 0 Å². The second-order valence-electron chi connectivity index (χ2n) is 5.02. The van der Waals surface area contributed by atoms with Crippen molar-refractivity contribution in [2.75, 3.05) is 32.8 Å². The van der Waals surface area contributed by atoms with E-state index in [0.29, 0.717) is 31.6 Å². The van der Waals surface area contributed by atoms with Crippen LogP contribution in [0.5, 0.6) is 5.75 Å². The van der Waals surface area contributed by atoms with Gasteiger partial charge in [-0.15, -0.1) is 0 Å². The van der Waals surface area contributed by atoms with Gasteiger partial charge in [0.1, 0.15) is 5.75 Å². The van der Waals surface area contributed by atoms with Crippen LogP contribution < -0.4 is 0 Å². The van der Waals surface area contributed by atoms with Crippen LogP contribution in [0, 0.1) is 0 Å². The Bertz CT molecular complexity index is 488. The maximum Gasteiger partial charge on any atom is 0.416 e. The average Bonchev–Trinajstić information content (AvgIpc) is 2.43. The van der Waals surface area contributed by atoms with E-state index in [1.807, 2.05) is 0 Å². The lowest BCUT2D eigenvalue weighted by Gasteiger charge is -2.26. The van der Waals surface area contributed by atoms with E-state index in [4.69, 9.17) is 4.74 Å². The molecule has 1 heterocycles. The van der Waals surface area contributed by atoms with Crippen LogP contribution in [0.4, 0.5) is 13.2 Å². The van der Waals surface area contributed by atoms with Gasteiger partial charge >= 0.3 is 6.18 Å². The number of alkyl halides is 3. The van der Waals surface area contributed by atoms with Gasteiger partial charge in [0.25, 0.3) is 0 Å². The Hall–Kier alpha value is -0.790. The standard InChI is InChI=1S/C14H17BrF3NO2/c15-12-9-11(14(16,17)18)8-10(13(12)20)2-1-3-19-4-6-21-7-5-19/h8-9,20H,1-7H2. The lowest BCUT2D eigenvalue weighted by molar-refractivity contribution is -0.137. The number of benzene rings is 1. The fourth-order valence-corrected chi connectivity index (χ4v) is 2.83. The van der Waals surface area contributed by atoms with Crippen molar-refractivity contribution in [2.45, 2.75) is 19.0 Å². The zero-order chi connectivity index (χ0) is 15.5. The Morgan fingerprint density at radius 1 is 1.24 bits per heavy atom. The molecule has 1 aliphatic heterocycles. The van der Waals surface area contributed by atoms with Crippen LogP contribution in [0.1, 0.15) is 17.5 Å². The van der Waals surface area contributed by atoms with Crippen molar-refractivity contribution in [3.8, 4) is 5.75 Å². The minimum absolute atomic E-state index is 0.0821. The van der Waals surface area contributed by atoms with Crippen molar-refractivity contribution in [3.63, 3.8) is 0 Å². The van der Waals surface area contributed by atoms with Gasteiger partial charge in [0.15, 0.2) is 0 Å². The van der Waals surface area contributed by atoms with Gasteiger partial charge in [0, 0.05) is 13.1 Å². The molecule has 0 saturated carbocycles. The van der Waals surface area contributed by atoms with E-state index in [1.165, 1.54) is 0 Å². The van der Waals surface area contributed by atoms with Crippen LogP contribution in [0.15, 0.2) is 16.6 Å². The second kappa shape index (κ2) is 6.98. The fourth-order valence-electron chi connectivity index (χ4n) is 2.33. The topological polar surface area (TPSA) is 32.7 Å². The van der Waals surface area contributed by atoms with Crippen LogP contribution in [-0.2, 0) is 17.3 Å². The van der Waals surface area contributed by atoms with Gasteiger partial charge in [-0.1, -0.05) is 0 Å². The summed E-state index contributed by atoms with van der Waals surface area (Å²) in [5.74, 6) is -0.107. The Morgan fingerprint density at radius 2 is 1.90 bits per heavy atom. The van der Waals surface area contributed by atoms with Gasteiger partial charge in [-0.05, 0) is 53.0 Å². The van der Waals surface area contributed by atoms with Crippen LogP contribution in [0.3, 0.4) is 0 Å². The number of ether oxygens (including phenoxy) is 1. The molecule has 0 spiro atoms. The Morgan fingerprint density at radius 3 is 2.52 bits per heavy atom. The summed E-state index contributed by atoms with van der Waals surface area (Å²) >= 11 is 2.98. The molecule has 118 valence electrons. The van der Waals surface area contributed by atoms with Gasteiger partial charge in [-0.25, -0.2) is 0 Å². The molecule has 7 heteroatoms. The van der Waals surface area contributed by atoms with E-state index in [9.17, 15) is 18.3 Å². The van der Waals surface area contributed by atoms with E-state index in [-0.39, 0.29) is 10.2 Å². The minimum atomic E-state index is -4.41. The molecule has 1 aliphatic rings. The zero-order valence-corrected chi connectivity index (χ0v) is 13.0. The van der Waals surface area contributed by atoms with Crippen LogP contribution in [0.2, 0.25) is 0 Å². The van der Waals surface area contributed by atoms with Crippen molar-refractivity contribution >= 4 is 15.9 Å². The SMILES string of the molecule is Oc1c(Br)cc(C(F)(F)F)cc1CCCN1CCOCC1. The number of aromatic hydroxyl groups is 1. The highest BCUT2D eigenvalue weighted by Crippen LogP contribution is 2.37. The summed E-state index contributed by atoms with van der Waals surface area (Å²) in [4.78, 5) is 2.21. The Balaban J connectivity index is 2.00. The first-order chi connectivity index (χ1) is 9.88. The highest BCUT2D eigenvalue weighted by molar-refractivity contribution is 9.10. The number of aryl methyl sites for hydroxylation is 1. The van der Waals surface area contributed by atoms with E-state index in [2.05, 4.69) is 20.8 Å². The molecule has 1 fully saturated rings. The second-order valence-corrected chi connectivity index (χ2v) is 5.88. The molecule has 1 N–H and O–H groups in total. The molecule has 0 radical (unpaired) electrons. The van der Waals surface area contributed by atoms with Crippen LogP contribution in [0.25, 0.3) is 0 Å². The van der Waals surface area contributed by atoms with Crippen molar-refractivity contribution < 1.29 is 23.0 Å². The summed E-state index contributed by atoms with van der Waals surface area (Å²) in [5.41, 5.74) is -0.418. The van der Waals surface area contributed by atoms with Crippen molar-refractivity contribution in [1.82, 2.24) is 4.90 Å². The molecule has 1 saturated heterocycles. The van der Waals surface area contributed by atoms with E-state index in [0.717, 1.165) is 31.8 Å². The molecule has 0 atom stereocenters. The Kier molecular flexibility index (Phi) is 5.51. The third kappa shape index (κ3) is 4.59. The number of rotatable bonds is 4. The third-order valence-electron chi connectivity index (χ3n) is 3.49. The summed E-state index contributed by atoms with van der Waals surface area (Å²) in [7, 11) is 0. The molecule has 0 aliphatic carbocycles. The predicted octanol–water partition coefficient (Wildman–Crippen LogP) is 3.44. The first-order valence-corrected chi connectivity index (χ1v) is 7.56. The van der Waals surface area contributed by atoms with Gasteiger partial charge in [0.05, 0.1) is 23.2 Å². The number of phenols is 1. The summed E-state index contributed by atoms with van der Waals surface area (Å²) in [6, 6.07) is 1.93. The maximum atomic E-state index is 12.8. The number of nitrogens with zero attached hydrogens (tertiary/aromatic N) is 1. The zero-order valence-electron chi connectivity index (χ0n) is 11.4. The van der Waals surface area contributed by atoms with E-state index in [1.54, 1.807) is 0 Å². The molecule has 2 rings (SSSR count). The number of hydrogen-bond donors (Lipinski definition) is 1. The summed E-state index contributed by atoms with van der Waals surface area (Å²) < 4.78 is 43.6. The summed E-state index contributed by atoms with van der Waals surface area (Å²) in [5, 5.41) is 9.88. The molecule has 1 aromatic rings. The molecule has 0 amide bonds. The molecule has 21 heavy (non-hydrogen) atoms. The number of hydrogen-bond acceptors (Lipinski definition) is 3. The Labute approximate surface area is 129 Å². The average molecular weight is 368 g/mol. The molecular formula is C14H17BrF3NO2. The maximum absolute atomic E-state index is 12.8. The van der Waals surface area contributed by atoms with Gasteiger partial charge < -0.3 is 9.84 Å². The predicted molar refractivity (Wildman–Crippen MR) is 76.4 cm³/mol. The number of halogens is 4. The molecule has 0 aromatic heterocycles. The highest BCUT2D eigenvalue weighted by Gasteiger charge is 2.32. The van der Waals surface area contributed by atoms with Crippen LogP contribution >= 0.6 is 15.9 Å². The summed E-state index contributed by atoms with van der Waals surface area (Å²) in [6.45, 7) is 3.87. The molecule has 0 bridgehead atoms. The largest absolute Gasteiger partial charge is 0.506 e. The van der Waals surface area contributed by atoms with Crippen molar-refractivity contribution in [1.29, 1.82) is 0 Å². The lowest BCUT2D eigenvalue weighted by Crippen LogP contribution is -2.36. The first-order valence-electron chi connectivity index (χ1n) is 6.76. The lowest BCUT2D eigenvalue weighted by atomic mass is 10.0. The monoisotopic (exact) mass is 367 g/mol. The first kappa shape index (κ1) is 16.6. The normalized spacial score (nSPS) is 17.1.